The van der Waals surface area contributed by atoms with Crippen LogP contribution in [0.15, 0.2) is 0 Å². The molecule has 0 atom stereocenters. The number of hydrogen-bond donors (Lipinski definition) is 1. The van der Waals surface area contributed by atoms with E-state index >= 15 is 0 Å². The fourth-order valence-corrected chi connectivity index (χ4v) is 2.12. The highest BCUT2D eigenvalue weighted by atomic mass is 35.5. The number of rotatable bonds is 5. The third-order valence-electron chi connectivity index (χ3n) is 3.31. The number of likely N-dealkylation sites (N-methyl/N-ethyl adjacent to an activating group) is 1. The third-order valence-corrected chi connectivity index (χ3v) is 3.79. The second-order valence-corrected chi connectivity index (χ2v) is 5.21. The van der Waals surface area contributed by atoms with Crippen LogP contribution in [0.3, 0.4) is 0 Å². The van der Waals surface area contributed by atoms with Gasteiger partial charge in [-0.25, -0.2) is 0 Å². The van der Waals surface area contributed by atoms with Crippen LogP contribution in [0.4, 0.5) is 0 Å². The van der Waals surface area contributed by atoms with Gasteiger partial charge in [-0.05, 0) is 27.3 Å². The molecule has 0 amide bonds. The average molecular weight is 274 g/mol. The van der Waals surface area contributed by atoms with E-state index in [0.717, 1.165) is 11.3 Å². The molecule has 0 aromatic carbocycles. The zero-order chi connectivity index (χ0) is 14.1. The first-order valence-electron chi connectivity index (χ1n) is 5.88. The minimum atomic E-state index is -0.930. The highest BCUT2D eigenvalue weighted by molar-refractivity contribution is 6.30. The number of aromatic nitrogens is 2. The van der Waals surface area contributed by atoms with Gasteiger partial charge in [0.15, 0.2) is 0 Å². The first-order chi connectivity index (χ1) is 8.21. The molecule has 0 saturated carbocycles. The first kappa shape index (κ1) is 15.0. The number of carboxylic acids is 1. The number of carbonyl (C=O) groups is 1. The van der Waals surface area contributed by atoms with Crippen molar-refractivity contribution in [3.63, 3.8) is 0 Å². The normalized spacial score (nSPS) is 12.2. The van der Waals surface area contributed by atoms with Gasteiger partial charge in [0.1, 0.15) is 10.7 Å². The Kier molecular flexibility index (Phi) is 4.40. The number of aryl methyl sites for hydroxylation is 2. The monoisotopic (exact) mass is 273 g/mol. The molecule has 1 rings (SSSR count). The molecule has 0 bridgehead atoms. The number of hydrogen-bond acceptors (Lipinski definition) is 3. The van der Waals surface area contributed by atoms with Crippen molar-refractivity contribution in [2.75, 3.05) is 6.54 Å². The van der Waals surface area contributed by atoms with Crippen molar-refractivity contribution >= 4 is 17.6 Å². The van der Waals surface area contributed by atoms with Gasteiger partial charge in [-0.2, -0.15) is 5.10 Å². The number of halogens is 1. The quantitative estimate of drug-likeness (QED) is 0.892. The SMILES string of the molecule is CCN(Cc1c(C)nn(C)c1Cl)C(C)(C)C(=O)O. The summed E-state index contributed by atoms with van der Waals surface area (Å²) < 4.78 is 1.60. The predicted molar refractivity (Wildman–Crippen MR) is 70.8 cm³/mol. The van der Waals surface area contributed by atoms with Crippen molar-refractivity contribution in [3.8, 4) is 0 Å². The largest absolute Gasteiger partial charge is 0.480 e. The van der Waals surface area contributed by atoms with Crippen molar-refractivity contribution in [3.05, 3.63) is 16.4 Å². The molecule has 5 nitrogen and oxygen atoms in total. The summed E-state index contributed by atoms with van der Waals surface area (Å²) in [5.74, 6) is -0.845. The van der Waals surface area contributed by atoms with E-state index in [0.29, 0.717) is 18.2 Å². The van der Waals surface area contributed by atoms with Gasteiger partial charge in [-0.15, -0.1) is 0 Å². The fourth-order valence-electron chi connectivity index (χ4n) is 1.88. The summed E-state index contributed by atoms with van der Waals surface area (Å²) in [4.78, 5) is 13.2. The Morgan fingerprint density at radius 1 is 1.56 bits per heavy atom. The molecule has 1 aromatic heterocycles. The molecule has 0 aliphatic rings. The van der Waals surface area contributed by atoms with Crippen molar-refractivity contribution in [2.45, 2.75) is 39.8 Å². The molecule has 0 radical (unpaired) electrons. The Bertz CT molecular complexity index is 454. The second kappa shape index (κ2) is 5.28. The van der Waals surface area contributed by atoms with Gasteiger partial charge >= 0.3 is 5.97 Å². The third kappa shape index (κ3) is 2.67. The molecule has 0 aliphatic carbocycles. The second-order valence-electron chi connectivity index (χ2n) is 4.86. The van der Waals surface area contributed by atoms with Gasteiger partial charge in [0.05, 0.1) is 5.69 Å². The summed E-state index contributed by atoms with van der Waals surface area (Å²) in [7, 11) is 1.78. The standard InChI is InChI=1S/C12H20ClN3O2/c1-6-16(12(3,4)11(17)18)7-9-8(2)14-15(5)10(9)13/h6-7H2,1-5H3,(H,17,18). The van der Waals surface area contributed by atoms with Gasteiger partial charge in [0.2, 0.25) is 0 Å². The van der Waals surface area contributed by atoms with Gasteiger partial charge < -0.3 is 5.11 Å². The van der Waals surface area contributed by atoms with E-state index in [1.807, 2.05) is 18.7 Å². The van der Waals surface area contributed by atoms with E-state index in [1.54, 1.807) is 25.6 Å². The van der Waals surface area contributed by atoms with Crippen molar-refractivity contribution in [1.82, 2.24) is 14.7 Å². The minimum Gasteiger partial charge on any atom is -0.480 e. The Labute approximate surface area is 112 Å². The van der Waals surface area contributed by atoms with Crippen LogP contribution < -0.4 is 0 Å². The highest BCUT2D eigenvalue weighted by Crippen LogP contribution is 2.24. The molecule has 0 unspecified atom stereocenters. The molecule has 0 aliphatic heterocycles. The minimum absolute atomic E-state index is 0.480. The first-order valence-corrected chi connectivity index (χ1v) is 6.26. The lowest BCUT2D eigenvalue weighted by Gasteiger charge is -2.34. The van der Waals surface area contributed by atoms with Crippen LogP contribution in [-0.4, -0.2) is 37.8 Å². The van der Waals surface area contributed by atoms with E-state index in [1.165, 1.54) is 0 Å². The Morgan fingerprint density at radius 3 is 2.44 bits per heavy atom. The fraction of sp³-hybridized carbons (Fsp3) is 0.667. The van der Waals surface area contributed by atoms with Gasteiger partial charge in [-0.3, -0.25) is 14.4 Å². The number of nitrogens with zero attached hydrogens (tertiary/aromatic N) is 3. The van der Waals surface area contributed by atoms with Crippen LogP contribution in [0.2, 0.25) is 5.15 Å². The Morgan fingerprint density at radius 2 is 2.11 bits per heavy atom. The lowest BCUT2D eigenvalue weighted by atomic mass is 10.0. The van der Waals surface area contributed by atoms with Crippen LogP contribution in [0, 0.1) is 6.92 Å². The van der Waals surface area contributed by atoms with Crippen LogP contribution in [-0.2, 0) is 18.4 Å². The average Bonchev–Trinajstić information content (AvgIpc) is 2.50. The molecule has 1 N–H and O–H groups in total. The summed E-state index contributed by atoms with van der Waals surface area (Å²) in [5.41, 5.74) is 0.790. The van der Waals surface area contributed by atoms with Crippen molar-refractivity contribution in [1.29, 1.82) is 0 Å². The zero-order valence-corrected chi connectivity index (χ0v) is 12.2. The van der Waals surface area contributed by atoms with Crippen molar-refractivity contribution < 1.29 is 9.90 Å². The lowest BCUT2D eigenvalue weighted by Crippen LogP contribution is -2.49. The van der Waals surface area contributed by atoms with Crippen LogP contribution in [0.1, 0.15) is 32.0 Å². The zero-order valence-electron chi connectivity index (χ0n) is 11.5. The Balaban J connectivity index is 3.04. The molecule has 6 heteroatoms. The maximum absolute atomic E-state index is 11.3. The maximum atomic E-state index is 11.3. The molecule has 102 valence electrons. The van der Waals surface area contributed by atoms with E-state index < -0.39 is 11.5 Å². The molecular weight excluding hydrogens is 254 g/mol. The number of aliphatic carboxylic acids is 1. The van der Waals surface area contributed by atoms with Crippen LogP contribution in [0.5, 0.6) is 0 Å². The van der Waals surface area contributed by atoms with E-state index in [9.17, 15) is 9.90 Å². The summed E-state index contributed by atoms with van der Waals surface area (Å²) >= 11 is 6.17. The van der Waals surface area contributed by atoms with Gasteiger partial charge in [0.25, 0.3) is 0 Å². The summed E-state index contributed by atoms with van der Waals surface area (Å²) in [6, 6.07) is 0. The molecular formula is C12H20ClN3O2. The Hall–Kier alpha value is -1.07. The maximum Gasteiger partial charge on any atom is 0.323 e. The topological polar surface area (TPSA) is 58.4 Å². The predicted octanol–water partition coefficient (Wildman–Crippen LogP) is 2.07. The molecule has 18 heavy (non-hydrogen) atoms. The van der Waals surface area contributed by atoms with E-state index in [2.05, 4.69) is 5.10 Å². The van der Waals surface area contributed by atoms with E-state index in [-0.39, 0.29) is 0 Å². The molecule has 0 spiro atoms. The van der Waals surface area contributed by atoms with Crippen LogP contribution >= 0.6 is 11.6 Å². The molecule has 0 fully saturated rings. The highest BCUT2D eigenvalue weighted by Gasteiger charge is 2.34. The molecule has 1 aromatic rings. The van der Waals surface area contributed by atoms with Gasteiger partial charge in [-0.1, -0.05) is 18.5 Å². The smallest absolute Gasteiger partial charge is 0.323 e. The van der Waals surface area contributed by atoms with Gasteiger partial charge in [0, 0.05) is 19.2 Å². The molecule has 1 heterocycles. The summed E-state index contributed by atoms with van der Waals surface area (Å²) in [5, 5.41) is 14.1. The summed E-state index contributed by atoms with van der Waals surface area (Å²) in [6.45, 7) is 8.31. The molecule has 0 saturated heterocycles. The number of carboxylic acid groups (broad SMARTS) is 1. The van der Waals surface area contributed by atoms with Crippen molar-refractivity contribution in [2.24, 2.45) is 7.05 Å². The van der Waals surface area contributed by atoms with E-state index in [4.69, 9.17) is 11.6 Å². The summed E-state index contributed by atoms with van der Waals surface area (Å²) in [6.07, 6.45) is 0. The lowest BCUT2D eigenvalue weighted by molar-refractivity contribution is -0.149. The van der Waals surface area contributed by atoms with Crippen LogP contribution in [0.25, 0.3) is 0 Å².